The Labute approximate surface area is 345 Å². The molecule has 0 radical (unpaired) electrons. The summed E-state index contributed by atoms with van der Waals surface area (Å²) in [5, 5.41) is 6.79. The van der Waals surface area contributed by atoms with Gasteiger partial charge in [-0.15, -0.1) is 0 Å². The molecular formula is C56H38N2. The van der Waals surface area contributed by atoms with Crippen LogP contribution >= 0.6 is 0 Å². The molecule has 0 aliphatic carbocycles. The van der Waals surface area contributed by atoms with E-state index in [0.29, 0.717) is 0 Å². The maximum absolute atomic E-state index is 8.92. The number of nitrogens with zero attached hydrogens (tertiary/aromatic N) is 2. The second-order valence-electron chi connectivity index (χ2n) is 14.6. The van der Waals surface area contributed by atoms with Gasteiger partial charge in [0.2, 0.25) is 0 Å². The van der Waals surface area contributed by atoms with E-state index in [1.807, 2.05) is 47.0 Å². The first kappa shape index (κ1) is 28.7. The van der Waals surface area contributed by atoms with E-state index in [2.05, 4.69) is 163 Å². The molecule has 0 aliphatic rings. The molecule has 11 aromatic rings. The summed E-state index contributed by atoms with van der Waals surface area (Å²) in [5.74, 6) is 0. The van der Waals surface area contributed by atoms with Gasteiger partial charge in [-0.05, 0) is 110 Å². The monoisotopic (exact) mass is 743 g/mol. The molecule has 10 aromatic carbocycles. The van der Waals surface area contributed by atoms with Crippen LogP contribution in [-0.2, 0) is 0 Å². The first-order chi connectivity index (χ1) is 30.9. The van der Waals surface area contributed by atoms with Crippen LogP contribution in [-0.4, -0.2) is 4.57 Å². The zero-order valence-corrected chi connectivity index (χ0v) is 31.4. The molecular weight excluding hydrogens is 701 g/mol. The van der Waals surface area contributed by atoms with Crippen molar-refractivity contribution in [2.45, 2.75) is 0 Å². The van der Waals surface area contributed by atoms with Gasteiger partial charge in [-0.1, -0.05) is 170 Å². The Balaban J connectivity index is 1.08. The zero-order chi connectivity index (χ0) is 42.8. The highest BCUT2D eigenvalue weighted by Gasteiger charge is 2.20. The highest BCUT2D eigenvalue weighted by Crippen LogP contribution is 2.44. The largest absolute Gasteiger partial charge is 0.310 e. The summed E-state index contributed by atoms with van der Waals surface area (Å²) >= 11 is 0. The van der Waals surface area contributed by atoms with Gasteiger partial charge in [0.25, 0.3) is 0 Å². The highest BCUT2D eigenvalue weighted by molar-refractivity contribution is 6.16. The van der Waals surface area contributed by atoms with E-state index >= 15 is 0 Å². The van der Waals surface area contributed by atoms with E-state index < -0.39 is 6.04 Å². The summed E-state index contributed by atoms with van der Waals surface area (Å²) in [6, 6.07) is 68.3. The summed E-state index contributed by atoms with van der Waals surface area (Å²) in [5.41, 5.74) is 11.1. The number of hydrogen-bond acceptors (Lipinski definition) is 1. The maximum Gasteiger partial charge on any atom is 0.0645 e. The van der Waals surface area contributed by atoms with Crippen LogP contribution < -0.4 is 4.90 Å². The van der Waals surface area contributed by atoms with Crippen LogP contribution in [0.2, 0.25) is 0 Å². The molecule has 0 aliphatic heterocycles. The molecule has 2 heteroatoms. The fourth-order valence-corrected chi connectivity index (χ4v) is 8.62. The summed E-state index contributed by atoms with van der Waals surface area (Å²) in [6.45, 7) is 0. The lowest BCUT2D eigenvalue weighted by molar-refractivity contribution is 1.18. The lowest BCUT2D eigenvalue weighted by Gasteiger charge is -2.28. The lowest BCUT2D eigenvalue weighted by Crippen LogP contribution is -2.11. The van der Waals surface area contributed by atoms with Crippen LogP contribution in [0.5, 0.6) is 0 Å². The van der Waals surface area contributed by atoms with Crippen molar-refractivity contribution in [1.82, 2.24) is 4.57 Å². The van der Waals surface area contributed by atoms with E-state index in [0.717, 1.165) is 72.2 Å². The van der Waals surface area contributed by atoms with Gasteiger partial charge < -0.3 is 9.47 Å². The van der Waals surface area contributed by atoms with Crippen molar-refractivity contribution >= 4 is 60.4 Å². The van der Waals surface area contributed by atoms with Crippen molar-refractivity contribution in [1.29, 1.82) is 0 Å². The van der Waals surface area contributed by atoms with Gasteiger partial charge >= 0.3 is 0 Å². The second-order valence-corrected chi connectivity index (χ2v) is 14.6. The molecule has 0 saturated heterocycles. The zero-order valence-electron chi connectivity index (χ0n) is 36.4. The predicted octanol–water partition coefficient (Wildman–Crippen LogP) is 15.6. The normalized spacial score (nSPS) is 12.7. The first-order valence-electron chi connectivity index (χ1n) is 22.0. The van der Waals surface area contributed by atoms with E-state index in [-0.39, 0.29) is 29.9 Å². The van der Waals surface area contributed by atoms with Gasteiger partial charge in [0, 0.05) is 33.4 Å². The Kier molecular flexibility index (Phi) is 6.98. The molecule has 58 heavy (non-hydrogen) atoms. The molecule has 272 valence electrons. The average Bonchev–Trinajstić information content (AvgIpc) is 3.67. The molecule has 0 spiro atoms. The third-order valence-corrected chi connectivity index (χ3v) is 11.3. The quantitative estimate of drug-likeness (QED) is 0.148. The minimum atomic E-state index is -0.414. The standard InChI is InChI=1S/C56H38N2/c1-3-15-40(16-4-1)50-23-9-11-26-53(50)57(46-34-31-39(32-35-46)42-33-36-49-44(37-42)30-29-41-17-7-8-22-48(41)49)47-21-13-18-43(38-47)51-25-14-28-55-56(51)52-24-10-12-27-54(52)58(55)45-19-5-2-6-20-45/h1-38H/i2D,5D,6D,19D,20D. The molecule has 0 fully saturated rings. The van der Waals surface area contributed by atoms with Crippen LogP contribution in [0.4, 0.5) is 17.1 Å². The highest BCUT2D eigenvalue weighted by atomic mass is 15.1. The number of hydrogen-bond donors (Lipinski definition) is 0. The number of aromatic nitrogens is 1. The van der Waals surface area contributed by atoms with Crippen molar-refractivity contribution in [3.05, 3.63) is 230 Å². The Bertz CT molecular complexity index is 3550. The molecule has 0 amide bonds. The molecule has 0 saturated carbocycles. The van der Waals surface area contributed by atoms with Crippen molar-refractivity contribution in [3.63, 3.8) is 0 Å². The molecule has 1 aromatic heterocycles. The van der Waals surface area contributed by atoms with Crippen LogP contribution in [0.25, 0.3) is 82.4 Å². The van der Waals surface area contributed by atoms with Crippen LogP contribution in [0.1, 0.15) is 6.85 Å². The summed E-state index contributed by atoms with van der Waals surface area (Å²) < 4.78 is 44.9. The minimum absolute atomic E-state index is 0.127. The van der Waals surface area contributed by atoms with E-state index in [4.69, 9.17) is 6.85 Å². The SMILES string of the molecule is [2H]c1c([2H])c([2H])c(-n2c3ccccc3c3c(-c4cccc(N(c5ccc(-c6ccc7c(ccc8ccccc87)c6)cc5)c5ccccc5-c5ccccc5)c4)cccc32)c([2H])c1[2H]. The fraction of sp³-hybridized carbons (Fsp3) is 0. The van der Waals surface area contributed by atoms with Gasteiger partial charge in [-0.25, -0.2) is 0 Å². The Morgan fingerprint density at radius 3 is 1.91 bits per heavy atom. The van der Waals surface area contributed by atoms with Crippen molar-refractivity contribution in [3.8, 4) is 39.1 Å². The topological polar surface area (TPSA) is 8.17 Å². The van der Waals surface area contributed by atoms with Crippen molar-refractivity contribution in [2.24, 2.45) is 0 Å². The Morgan fingerprint density at radius 1 is 0.379 bits per heavy atom. The smallest absolute Gasteiger partial charge is 0.0645 e. The van der Waals surface area contributed by atoms with Crippen molar-refractivity contribution in [2.75, 3.05) is 4.90 Å². The molecule has 1 heterocycles. The molecule has 0 N–H and O–H groups in total. The third kappa shape index (κ3) is 5.74. The van der Waals surface area contributed by atoms with Gasteiger partial charge in [0.1, 0.15) is 0 Å². The molecule has 0 unspecified atom stereocenters. The summed E-state index contributed by atoms with van der Waals surface area (Å²) in [4.78, 5) is 2.32. The molecule has 2 nitrogen and oxygen atoms in total. The van der Waals surface area contributed by atoms with Crippen LogP contribution in [0.15, 0.2) is 230 Å². The number of para-hydroxylation sites is 3. The lowest BCUT2D eigenvalue weighted by atomic mass is 9.96. The molecule has 0 bridgehead atoms. The van der Waals surface area contributed by atoms with E-state index in [1.54, 1.807) is 0 Å². The van der Waals surface area contributed by atoms with Gasteiger partial charge in [-0.3, -0.25) is 0 Å². The molecule has 0 atom stereocenters. The first-order valence-corrected chi connectivity index (χ1v) is 19.5. The van der Waals surface area contributed by atoms with Gasteiger partial charge in [0.15, 0.2) is 0 Å². The van der Waals surface area contributed by atoms with Crippen LogP contribution in [0.3, 0.4) is 0 Å². The fourth-order valence-electron chi connectivity index (χ4n) is 8.62. The molecule has 11 rings (SSSR count). The van der Waals surface area contributed by atoms with Gasteiger partial charge in [-0.2, -0.15) is 0 Å². The van der Waals surface area contributed by atoms with Gasteiger partial charge in [0.05, 0.1) is 23.6 Å². The van der Waals surface area contributed by atoms with E-state index in [9.17, 15) is 0 Å². The Hall–Kier alpha value is -7.68. The maximum atomic E-state index is 8.92. The number of anilines is 3. The predicted molar refractivity (Wildman–Crippen MR) is 247 cm³/mol. The Morgan fingerprint density at radius 2 is 1.03 bits per heavy atom. The number of benzene rings is 10. The van der Waals surface area contributed by atoms with E-state index in [1.165, 1.54) is 21.5 Å². The third-order valence-electron chi connectivity index (χ3n) is 11.3. The average molecular weight is 744 g/mol. The van der Waals surface area contributed by atoms with Crippen molar-refractivity contribution < 1.29 is 6.85 Å². The number of fused-ring (bicyclic) bond motifs is 6. The summed E-state index contributed by atoms with van der Waals surface area (Å²) in [6.07, 6.45) is 0. The van der Waals surface area contributed by atoms with Crippen LogP contribution in [0, 0.1) is 0 Å². The summed E-state index contributed by atoms with van der Waals surface area (Å²) in [7, 11) is 0. The number of rotatable bonds is 7. The minimum Gasteiger partial charge on any atom is -0.310 e. The second kappa shape index (κ2) is 14.1.